The number of carbonyl (C=O) groups excluding carboxylic acids is 2. The molecule has 0 aliphatic heterocycles. The summed E-state index contributed by atoms with van der Waals surface area (Å²) in [7, 11) is 0. The minimum Gasteiger partial charge on any atom is -0.480 e. The first kappa shape index (κ1) is 25.3. The summed E-state index contributed by atoms with van der Waals surface area (Å²) in [4.78, 5) is 35.8. The van der Waals surface area contributed by atoms with Crippen molar-refractivity contribution in [3.63, 3.8) is 0 Å². The number of aliphatic carboxylic acids is 1. The van der Waals surface area contributed by atoms with Crippen LogP contribution in [0.4, 0.5) is 4.79 Å². The summed E-state index contributed by atoms with van der Waals surface area (Å²) in [5, 5.41) is 12.0. The third-order valence-corrected chi connectivity index (χ3v) is 5.73. The van der Waals surface area contributed by atoms with Crippen molar-refractivity contribution in [1.29, 1.82) is 0 Å². The van der Waals surface area contributed by atoms with E-state index in [4.69, 9.17) is 9.47 Å². The Morgan fingerprint density at radius 3 is 2.09 bits per heavy atom. The monoisotopic (exact) mass is 467 g/mol. The molecule has 3 rings (SSSR count). The van der Waals surface area contributed by atoms with Crippen LogP contribution in [0.1, 0.15) is 69.9 Å². The predicted molar refractivity (Wildman–Crippen MR) is 129 cm³/mol. The van der Waals surface area contributed by atoms with Crippen molar-refractivity contribution < 1.29 is 29.0 Å². The van der Waals surface area contributed by atoms with Crippen LogP contribution in [0, 0.1) is 0 Å². The van der Waals surface area contributed by atoms with E-state index < -0.39 is 23.7 Å². The fraction of sp³-hybridized carbons (Fsp3) is 0.444. The number of benzene rings is 2. The summed E-state index contributed by atoms with van der Waals surface area (Å²) < 4.78 is 10.7. The van der Waals surface area contributed by atoms with E-state index in [1.165, 1.54) is 0 Å². The first-order chi connectivity index (χ1) is 16.2. The van der Waals surface area contributed by atoms with E-state index in [0.29, 0.717) is 19.3 Å². The zero-order chi connectivity index (χ0) is 24.7. The molecule has 0 saturated heterocycles. The summed E-state index contributed by atoms with van der Waals surface area (Å²) in [6, 6.07) is 15.0. The molecule has 7 nitrogen and oxygen atoms in total. The largest absolute Gasteiger partial charge is 0.480 e. The number of amides is 1. The van der Waals surface area contributed by atoms with Gasteiger partial charge in [-0.1, -0.05) is 61.4 Å². The molecule has 182 valence electrons. The lowest BCUT2D eigenvalue weighted by Crippen LogP contribution is -2.41. The van der Waals surface area contributed by atoms with Crippen LogP contribution >= 0.6 is 0 Å². The second-order valence-corrected chi connectivity index (χ2v) is 9.55. The number of alkyl carbamates (subject to hydrolysis) is 1. The van der Waals surface area contributed by atoms with Crippen molar-refractivity contribution in [2.75, 3.05) is 6.61 Å². The summed E-state index contributed by atoms with van der Waals surface area (Å²) in [5.74, 6) is -1.46. The lowest BCUT2D eigenvalue weighted by molar-refractivity contribution is -0.155. The summed E-state index contributed by atoms with van der Waals surface area (Å²) in [6.45, 7) is 5.58. The average molecular weight is 468 g/mol. The molecule has 1 aliphatic rings. The Balaban J connectivity index is 1.46. The van der Waals surface area contributed by atoms with Gasteiger partial charge in [-0.05, 0) is 55.9 Å². The third-order valence-electron chi connectivity index (χ3n) is 5.73. The number of fused-ring (bicyclic) bond motifs is 3. The SMILES string of the molecule is CC(C)(C)OC(=O)CCCCC[C@H](NC(=O)OCC1c2ccccc2-c2ccccc21)C(=O)O. The number of nitrogens with one attached hydrogen (secondary N) is 1. The fourth-order valence-electron chi connectivity index (χ4n) is 4.23. The highest BCUT2D eigenvalue weighted by molar-refractivity contribution is 5.81. The molecule has 2 aromatic rings. The number of esters is 1. The number of hydrogen-bond donors (Lipinski definition) is 2. The summed E-state index contributed by atoms with van der Waals surface area (Å²) in [6.07, 6.45) is 1.62. The van der Waals surface area contributed by atoms with Crippen LogP contribution in [0.25, 0.3) is 11.1 Å². The van der Waals surface area contributed by atoms with Crippen LogP contribution in [0.15, 0.2) is 48.5 Å². The summed E-state index contributed by atoms with van der Waals surface area (Å²) >= 11 is 0. The number of hydrogen-bond acceptors (Lipinski definition) is 5. The molecule has 0 saturated carbocycles. The Morgan fingerprint density at radius 1 is 0.941 bits per heavy atom. The maximum atomic E-state index is 12.4. The zero-order valence-corrected chi connectivity index (χ0v) is 20.0. The van der Waals surface area contributed by atoms with Gasteiger partial charge in [0.15, 0.2) is 0 Å². The Hall–Kier alpha value is -3.35. The standard InChI is InChI=1S/C27H33NO6/c1-27(2,3)34-24(29)16-6-4-5-15-23(25(30)31)28-26(32)33-17-22-20-13-9-7-11-18(20)19-12-8-10-14-21(19)22/h7-14,22-23H,4-6,15-17H2,1-3H3,(H,28,32)(H,30,31)/t23-/m0/s1. The van der Waals surface area contributed by atoms with Gasteiger partial charge in [0.05, 0.1) is 0 Å². The maximum Gasteiger partial charge on any atom is 0.407 e. The van der Waals surface area contributed by atoms with Gasteiger partial charge < -0.3 is 19.9 Å². The van der Waals surface area contributed by atoms with Crippen molar-refractivity contribution in [2.24, 2.45) is 0 Å². The molecule has 34 heavy (non-hydrogen) atoms. The van der Waals surface area contributed by atoms with Crippen LogP contribution in [0.5, 0.6) is 0 Å². The van der Waals surface area contributed by atoms with E-state index in [1.54, 1.807) is 0 Å². The molecule has 0 bridgehead atoms. The molecule has 0 heterocycles. The number of carboxylic acids is 1. The van der Waals surface area contributed by atoms with E-state index in [-0.39, 0.29) is 31.3 Å². The third kappa shape index (κ3) is 6.83. The number of carbonyl (C=O) groups is 3. The molecule has 0 spiro atoms. The molecule has 2 aromatic carbocycles. The highest BCUT2D eigenvalue weighted by atomic mass is 16.6. The molecular formula is C27H33NO6. The Morgan fingerprint density at radius 2 is 1.53 bits per heavy atom. The van der Waals surface area contributed by atoms with Crippen LogP contribution in [-0.2, 0) is 19.1 Å². The molecular weight excluding hydrogens is 434 g/mol. The molecule has 1 aliphatic carbocycles. The van der Waals surface area contributed by atoms with Gasteiger partial charge >= 0.3 is 18.0 Å². The van der Waals surface area contributed by atoms with Crippen molar-refractivity contribution in [3.8, 4) is 11.1 Å². The molecule has 1 amide bonds. The van der Waals surface area contributed by atoms with Gasteiger partial charge in [-0.15, -0.1) is 0 Å². The zero-order valence-electron chi connectivity index (χ0n) is 20.0. The highest BCUT2D eigenvalue weighted by Crippen LogP contribution is 2.44. The predicted octanol–water partition coefficient (Wildman–Crippen LogP) is 5.27. The van der Waals surface area contributed by atoms with Gasteiger partial charge in [0, 0.05) is 12.3 Å². The quantitative estimate of drug-likeness (QED) is 0.365. The smallest absolute Gasteiger partial charge is 0.407 e. The van der Waals surface area contributed by atoms with Crippen molar-refractivity contribution >= 4 is 18.0 Å². The average Bonchev–Trinajstić information content (AvgIpc) is 3.09. The normalized spacial score (nSPS) is 13.5. The topological polar surface area (TPSA) is 102 Å². The van der Waals surface area contributed by atoms with E-state index in [0.717, 1.165) is 22.3 Å². The van der Waals surface area contributed by atoms with E-state index >= 15 is 0 Å². The molecule has 0 unspecified atom stereocenters. The number of rotatable bonds is 10. The Kier molecular flexibility index (Phi) is 8.31. The molecule has 1 atom stereocenters. The van der Waals surface area contributed by atoms with Crippen LogP contribution in [0.3, 0.4) is 0 Å². The second-order valence-electron chi connectivity index (χ2n) is 9.55. The lowest BCUT2D eigenvalue weighted by Gasteiger charge is -2.19. The number of unbranched alkanes of at least 4 members (excludes halogenated alkanes) is 2. The van der Waals surface area contributed by atoms with Crippen molar-refractivity contribution in [1.82, 2.24) is 5.32 Å². The Bertz CT molecular complexity index is 980. The first-order valence-electron chi connectivity index (χ1n) is 11.7. The van der Waals surface area contributed by atoms with Gasteiger partial charge in [0.1, 0.15) is 18.2 Å². The molecule has 7 heteroatoms. The molecule has 0 fully saturated rings. The van der Waals surface area contributed by atoms with Gasteiger partial charge in [-0.25, -0.2) is 9.59 Å². The van der Waals surface area contributed by atoms with Crippen LogP contribution < -0.4 is 5.32 Å². The van der Waals surface area contributed by atoms with Crippen LogP contribution in [0.2, 0.25) is 0 Å². The summed E-state index contributed by atoms with van der Waals surface area (Å²) in [5.41, 5.74) is 3.93. The van der Waals surface area contributed by atoms with Gasteiger partial charge in [-0.3, -0.25) is 4.79 Å². The minimum absolute atomic E-state index is 0.0886. The number of ether oxygens (including phenoxy) is 2. The molecule has 0 radical (unpaired) electrons. The minimum atomic E-state index is -1.11. The van der Waals surface area contributed by atoms with Gasteiger partial charge in [0.2, 0.25) is 0 Å². The first-order valence-corrected chi connectivity index (χ1v) is 11.7. The second kappa shape index (κ2) is 11.2. The van der Waals surface area contributed by atoms with Crippen LogP contribution in [-0.4, -0.2) is 41.4 Å². The maximum absolute atomic E-state index is 12.4. The van der Waals surface area contributed by atoms with Gasteiger partial charge in [0.25, 0.3) is 0 Å². The van der Waals surface area contributed by atoms with Crippen molar-refractivity contribution in [2.45, 2.75) is 70.4 Å². The van der Waals surface area contributed by atoms with Gasteiger partial charge in [-0.2, -0.15) is 0 Å². The van der Waals surface area contributed by atoms with E-state index in [2.05, 4.69) is 17.4 Å². The highest BCUT2D eigenvalue weighted by Gasteiger charge is 2.29. The van der Waals surface area contributed by atoms with E-state index in [1.807, 2.05) is 57.2 Å². The molecule has 0 aromatic heterocycles. The lowest BCUT2D eigenvalue weighted by atomic mass is 9.98. The van der Waals surface area contributed by atoms with E-state index in [9.17, 15) is 19.5 Å². The molecule has 2 N–H and O–H groups in total. The number of carboxylic acid groups (broad SMARTS) is 1. The Labute approximate surface area is 200 Å². The van der Waals surface area contributed by atoms with Crippen molar-refractivity contribution in [3.05, 3.63) is 59.7 Å². The fourth-order valence-corrected chi connectivity index (χ4v) is 4.23.